The molecule has 0 aliphatic heterocycles. The van der Waals surface area contributed by atoms with Gasteiger partial charge in [0.25, 0.3) is 0 Å². The standard InChI is InChI=1S/C11H15NO3S/c1-8-4-5-9(16-8)7-10(13)12-6-2-3-11(14)15/h4-5H,2-3,6-7H2,1H3,(H,12,13)(H,14,15). The van der Waals surface area contributed by atoms with Gasteiger partial charge in [0, 0.05) is 22.7 Å². The third-order valence-corrected chi connectivity index (χ3v) is 3.02. The highest BCUT2D eigenvalue weighted by molar-refractivity contribution is 7.12. The average Bonchev–Trinajstić information content (AvgIpc) is 2.58. The second kappa shape index (κ2) is 6.27. The number of hydrogen-bond donors (Lipinski definition) is 2. The van der Waals surface area contributed by atoms with Gasteiger partial charge in [0.05, 0.1) is 6.42 Å². The van der Waals surface area contributed by atoms with Crippen molar-refractivity contribution in [2.75, 3.05) is 6.54 Å². The molecule has 0 aliphatic carbocycles. The Morgan fingerprint density at radius 3 is 2.75 bits per heavy atom. The lowest BCUT2D eigenvalue weighted by molar-refractivity contribution is -0.137. The molecule has 4 nitrogen and oxygen atoms in total. The van der Waals surface area contributed by atoms with Crippen molar-refractivity contribution >= 4 is 23.2 Å². The van der Waals surface area contributed by atoms with Gasteiger partial charge in [0.15, 0.2) is 0 Å². The molecule has 1 amide bonds. The monoisotopic (exact) mass is 241 g/mol. The molecule has 0 saturated heterocycles. The van der Waals surface area contributed by atoms with Gasteiger partial charge in [-0.1, -0.05) is 0 Å². The lowest BCUT2D eigenvalue weighted by Crippen LogP contribution is -2.26. The molecular weight excluding hydrogens is 226 g/mol. The fourth-order valence-electron chi connectivity index (χ4n) is 1.27. The maximum Gasteiger partial charge on any atom is 0.303 e. The Morgan fingerprint density at radius 1 is 1.44 bits per heavy atom. The molecule has 1 rings (SSSR count). The van der Waals surface area contributed by atoms with Gasteiger partial charge in [-0.15, -0.1) is 11.3 Å². The minimum Gasteiger partial charge on any atom is -0.481 e. The zero-order chi connectivity index (χ0) is 12.0. The summed E-state index contributed by atoms with van der Waals surface area (Å²) in [6.07, 6.45) is 0.953. The van der Waals surface area contributed by atoms with Crippen molar-refractivity contribution < 1.29 is 14.7 Å². The maximum absolute atomic E-state index is 11.4. The molecule has 0 spiro atoms. The Bertz CT molecular complexity index is 373. The topological polar surface area (TPSA) is 66.4 Å². The first kappa shape index (κ1) is 12.7. The van der Waals surface area contributed by atoms with Crippen molar-refractivity contribution in [1.29, 1.82) is 0 Å². The van der Waals surface area contributed by atoms with Gasteiger partial charge in [0.2, 0.25) is 5.91 Å². The molecule has 0 unspecified atom stereocenters. The van der Waals surface area contributed by atoms with Crippen LogP contribution in [0.15, 0.2) is 12.1 Å². The predicted octanol–water partition coefficient (Wildman–Crippen LogP) is 1.58. The SMILES string of the molecule is Cc1ccc(CC(=O)NCCCC(=O)O)s1. The molecule has 0 aliphatic rings. The van der Waals surface area contributed by atoms with E-state index in [9.17, 15) is 9.59 Å². The molecule has 1 aromatic rings. The van der Waals surface area contributed by atoms with Gasteiger partial charge in [0.1, 0.15) is 0 Å². The van der Waals surface area contributed by atoms with E-state index in [1.807, 2.05) is 19.1 Å². The van der Waals surface area contributed by atoms with E-state index in [0.29, 0.717) is 19.4 Å². The van der Waals surface area contributed by atoms with Gasteiger partial charge in [-0.25, -0.2) is 0 Å². The number of amides is 1. The largest absolute Gasteiger partial charge is 0.481 e. The third-order valence-electron chi connectivity index (χ3n) is 2.02. The van der Waals surface area contributed by atoms with E-state index >= 15 is 0 Å². The summed E-state index contributed by atoms with van der Waals surface area (Å²) in [7, 11) is 0. The van der Waals surface area contributed by atoms with E-state index < -0.39 is 5.97 Å². The van der Waals surface area contributed by atoms with Crippen LogP contribution in [-0.2, 0) is 16.0 Å². The minimum absolute atomic E-state index is 0.0489. The minimum atomic E-state index is -0.830. The molecule has 16 heavy (non-hydrogen) atoms. The van der Waals surface area contributed by atoms with Crippen LogP contribution in [0, 0.1) is 6.92 Å². The fourth-order valence-corrected chi connectivity index (χ4v) is 2.16. The van der Waals surface area contributed by atoms with E-state index in [0.717, 1.165) is 4.88 Å². The van der Waals surface area contributed by atoms with Gasteiger partial charge >= 0.3 is 5.97 Å². The average molecular weight is 241 g/mol. The first-order chi connectivity index (χ1) is 7.58. The van der Waals surface area contributed by atoms with E-state index in [1.54, 1.807) is 11.3 Å². The molecule has 1 aromatic heterocycles. The summed E-state index contributed by atoms with van der Waals surface area (Å²) in [5, 5.41) is 11.1. The third kappa shape index (κ3) is 4.93. The van der Waals surface area contributed by atoms with Gasteiger partial charge in [-0.05, 0) is 25.5 Å². The van der Waals surface area contributed by atoms with Crippen LogP contribution in [0.1, 0.15) is 22.6 Å². The molecule has 88 valence electrons. The Labute approximate surface area is 98.3 Å². The van der Waals surface area contributed by atoms with Crippen LogP contribution >= 0.6 is 11.3 Å². The van der Waals surface area contributed by atoms with Gasteiger partial charge in [-0.3, -0.25) is 9.59 Å². The number of nitrogens with one attached hydrogen (secondary N) is 1. The van der Waals surface area contributed by atoms with Crippen molar-refractivity contribution in [2.45, 2.75) is 26.2 Å². The normalized spacial score (nSPS) is 10.1. The maximum atomic E-state index is 11.4. The molecule has 0 atom stereocenters. The lowest BCUT2D eigenvalue weighted by Gasteiger charge is -2.02. The van der Waals surface area contributed by atoms with Crippen LogP contribution in [0.25, 0.3) is 0 Å². The van der Waals surface area contributed by atoms with Gasteiger partial charge in [-0.2, -0.15) is 0 Å². The summed E-state index contributed by atoms with van der Waals surface area (Å²) in [5.74, 6) is -0.879. The molecule has 0 radical (unpaired) electrons. The molecule has 0 saturated carbocycles. The summed E-state index contributed by atoms with van der Waals surface area (Å²) in [5.41, 5.74) is 0. The van der Waals surface area contributed by atoms with Crippen molar-refractivity contribution in [1.82, 2.24) is 5.32 Å². The zero-order valence-corrected chi connectivity index (χ0v) is 9.97. The molecule has 0 aromatic carbocycles. The number of aliphatic carboxylic acids is 1. The quantitative estimate of drug-likeness (QED) is 0.743. The van der Waals surface area contributed by atoms with E-state index in [-0.39, 0.29) is 12.3 Å². The second-order valence-electron chi connectivity index (χ2n) is 3.54. The van der Waals surface area contributed by atoms with E-state index in [4.69, 9.17) is 5.11 Å². The number of carbonyl (C=O) groups is 2. The molecule has 1 heterocycles. The highest BCUT2D eigenvalue weighted by Gasteiger charge is 2.05. The Balaban J connectivity index is 2.18. The molecule has 0 bridgehead atoms. The number of carboxylic acid groups (broad SMARTS) is 1. The summed E-state index contributed by atoms with van der Waals surface area (Å²) in [6.45, 7) is 2.43. The van der Waals surface area contributed by atoms with Crippen LogP contribution in [0.2, 0.25) is 0 Å². The summed E-state index contributed by atoms with van der Waals surface area (Å²) >= 11 is 1.61. The predicted molar refractivity (Wildman–Crippen MR) is 62.6 cm³/mol. The van der Waals surface area contributed by atoms with Crippen LogP contribution in [0.5, 0.6) is 0 Å². The van der Waals surface area contributed by atoms with Crippen LogP contribution in [-0.4, -0.2) is 23.5 Å². The fraction of sp³-hybridized carbons (Fsp3) is 0.455. The number of carboxylic acids is 1. The summed E-state index contributed by atoms with van der Waals surface area (Å²) in [6, 6.07) is 3.93. The first-order valence-corrected chi connectivity index (χ1v) is 5.93. The van der Waals surface area contributed by atoms with E-state index in [1.165, 1.54) is 4.88 Å². The second-order valence-corrected chi connectivity index (χ2v) is 4.91. The van der Waals surface area contributed by atoms with Crippen molar-refractivity contribution in [3.05, 3.63) is 21.9 Å². The Morgan fingerprint density at radius 2 is 2.19 bits per heavy atom. The molecule has 5 heteroatoms. The molecule has 2 N–H and O–H groups in total. The number of thiophene rings is 1. The lowest BCUT2D eigenvalue weighted by atomic mass is 10.3. The van der Waals surface area contributed by atoms with Crippen LogP contribution in [0.4, 0.5) is 0 Å². The number of aryl methyl sites for hydroxylation is 1. The Kier molecular flexibility index (Phi) is 4.98. The van der Waals surface area contributed by atoms with Crippen molar-refractivity contribution in [3.8, 4) is 0 Å². The highest BCUT2D eigenvalue weighted by atomic mass is 32.1. The summed E-state index contributed by atoms with van der Waals surface area (Å²) < 4.78 is 0. The van der Waals surface area contributed by atoms with Gasteiger partial charge < -0.3 is 10.4 Å². The van der Waals surface area contributed by atoms with E-state index in [2.05, 4.69) is 5.32 Å². The molecule has 0 fully saturated rings. The molecular formula is C11H15NO3S. The Hall–Kier alpha value is -1.36. The highest BCUT2D eigenvalue weighted by Crippen LogP contribution is 2.15. The number of hydrogen-bond acceptors (Lipinski definition) is 3. The number of rotatable bonds is 6. The smallest absolute Gasteiger partial charge is 0.303 e. The van der Waals surface area contributed by atoms with Crippen LogP contribution < -0.4 is 5.32 Å². The number of carbonyl (C=O) groups excluding carboxylic acids is 1. The van der Waals surface area contributed by atoms with Crippen molar-refractivity contribution in [2.24, 2.45) is 0 Å². The zero-order valence-electron chi connectivity index (χ0n) is 9.16. The summed E-state index contributed by atoms with van der Waals surface area (Å²) in [4.78, 5) is 23.9. The van der Waals surface area contributed by atoms with Crippen LogP contribution in [0.3, 0.4) is 0 Å². The first-order valence-electron chi connectivity index (χ1n) is 5.12. The van der Waals surface area contributed by atoms with Crippen molar-refractivity contribution in [3.63, 3.8) is 0 Å².